The Bertz CT molecular complexity index is 4920. The van der Waals surface area contributed by atoms with Crippen molar-refractivity contribution in [1.82, 2.24) is 33.3 Å². The molecule has 8 nitrogen and oxygen atoms in total. The molecule has 5 aromatic heterocycles. The molecule has 17 rings (SSSR count). The van der Waals surface area contributed by atoms with Gasteiger partial charge in [0.05, 0.1) is 55.5 Å². The van der Waals surface area contributed by atoms with Crippen molar-refractivity contribution in [3.8, 4) is 40.1 Å². The molecule has 0 aliphatic carbocycles. The van der Waals surface area contributed by atoms with Gasteiger partial charge in [-0.25, -0.2) is 14.7 Å². The highest BCUT2D eigenvalue weighted by atomic mass is 32.2. The van der Waals surface area contributed by atoms with E-state index in [2.05, 4.69) is 278 Å². The zero-order chi connectivity index (χ0) is 51.0. The molecule has 0 saturated heterocycles. The van der Waals surface area contributed by atoms with E-state index in [1.807, 2.05) is 11.8 Å². The highest BCUT2D eigenvalue weighted by molar-refractivity contribution is 7.99. The SMILES string of the molecule is c1ccc(-n2c3ccccc3c3c(-c4nc(-c5cccc6c5c5ccccc5n6-c5ccccc5)nc(-n5c6ccccc6c6ccc7c8ccccc8n(N8c9ccccc9Sc9ccccc98)c7c65)n4)cccc32)cc1. The van der Waals surface area contributed by atoms with Crippen molar-refractivity contribution in [3.63, 3.8) is 0 Å². The lowest BCUT2D eigenvalue weighted by atomic mass is 10.0. The zero-order valence-electron chi connectivity index (χ0n) is 41.7. The first kappa shape index (κ1) is 43.1. The first-order chi connectivity index (χ1) is 38.7. The number of hydrogen-bond donors (Lipinski definition) is 0. The fraction of sp³-hybridized carbons (Fsp3) is 0. The molecule has 0 radical (unpaired) electrons. The first-order valence-corrected chi connectivity index (χ1v) is 27.1. The van der Waals surface area contributed by atoms with Gasteiger partial charge in [0.2, 0.25) is 5.95 Å². The van der Waals surface area contributed by atoms with Crippen LogP contribution in [0.1, 0.15) is 0 Å². The summed E-state index contributed by atoms with van der Waals surface area (Å²) < 4.78 is 9.47. The van der Waals surface area contributed by atoms with Gasteiger partial charge in [-0.3, -0.25) is 4.57 Å². The predicted molar refractivity (Wildman–Crippen MR) is 321 cm³/mol. The van der Waals surface area contributed by atoms with Gasteiger partial charge >= 0.3 is 0 Å². The molecule has 0 bridgehead atoms. The van der Waals surface area contributed by atoms with Crippen LogP contribution >= 0.6 is 11.8 Å². The molecular weight excluding hydrogens is 973 g/mol. The molecule has 0 saturated carbocycles. The fourth-order valence-corrected chi connectivity index (χ4v) is 13.7. The molecule has 0 spiro atoms. The molecule has 0 atom stereocenters. The third-order valence-corrected chi connectivity index (χ3v) is 16.9. The molecule has 364 valence electrons. The maximum atomic E-state index is 5.78. The zero-order valence-corrected chi connectivity index (χ0v) is 42.6. The summed E-state index contributed by atoms with van der Waals surface area (Å²) in [5.41, 5.74) is 14.7. The number of benzene rings is 11. The van der Waals surface area contributed by atoms with Crippen molar-refractivity contribution in [2.75, 3.05) is 5.01 Å². The Kier molecular flexibility index (Phi) is 9.19. The summed E-state index contributed by atoms with van der Waals surface area (Å²) in [6.07, 6.45) is 0. The molecule has 1 aliphatic heterocycles. The minimum Gasteiger partial charge on any atom is -0.309 e. The minimum absolute atomic E-state index is 0.521. The quantitative estimate of drug-likeness (QED) is 0.166. The van der Waals surface area contributed by atoms with E-state index < -0.39 is 0 Å². The van der Waals surface area contributed by atoms with Crippen LogP contribution in [0.15, 0.2) is 265 Å². The minimum atomic E-state index is 0.521. The third kappa shape index (κ3) is 6.10. The lowest BCUT2D eigenvalue weighted by Gasteiger charge is -2.34. The van der Waals surface area contributed by atoms with Gasteiger partial charge in [0.1, 0.15) is 0 Å². The Balaban J connectivity index is 1.03. The summed E-state index contributed by atoms with van der Waals surface area (Å²) in [4.78, 5) is 19.6. The van der Waals surface area contributed by atoms with Crippen LogP contribution < -0.4 is 5.01 Å². The average Bonchev–Trinajstić information content (AvgIpc) is 4.44. The van der Waals surface area contributed by atoms with E-state index in [1.54, 1.807) is 0 Å². The molecule has 0 fully saturated rings. The van der Waals surface area contributed by atoms with Gasteiger partial charge in [-0.05, 0) is 84.9 Å². The molecule has 0 N–H and O–H groups in total. The van der Waals surface area contributed by atoms with Crippen molar-refractivity contribution >= 4 is 110 Å². The van der Waals surface area contributed by atoms with Crippen molar-refractivity contribution in [2.45, 2.75) is 9.79 Å². The number of aromatic nitrogens is 7. The molecule has 1 aliphatic rings. The Morgan fingerprint density at radius 1 is 0.282 bits per heavy atom. The van der Waals surface area contributed by atoms with E-state index in [9.17, 15) is 0 Å². The fourth-order valence-electron chi connectivity index (χ4n) is 12.6. The average molecular weight is 1020 g/mol. The molecule has 9 heteroatoms. The number of hydrogen-bond acceptors (Lipinski definition) is 5. The number of fused-ring (bicyclic) bond motifs is 15. The second-order valence-corrected chi connectivity index (χ2v) is 21.0. The molecule has 0 unspecified atom stereocenters. The molecule has 6 heterocycles. The molecule has 11 aromatic carbocycles. The van der Waals surface area contributed by atoms with E-state index in [0.717, 1.165) is 121 Å². The van der Waals surface area contributed by atoms with Gasteiger partial charge in [0.15, 0.2) is 11.6 Å². The summed E-state index contributed by atoms with van der Waals surface area (Å²) in [6, 6.07) is 91.3. The molecule has 0 amide bonds. The van der Waals surface area contributed by atoms with Crippen LogP contribution in [-0.4, -0.2) is 33.3 Å². The van der Waals surface area contributed by atoms with Gasteiger partial charge in [-0.2, -0.15) is 9.97 Å². The topological polar surface area (TPSA) is 61.6 Å². The van der Waals surface area contributed by atoms with E-state index in [1.165, 1.54) is 9.79 Å². The van der Waals surface area contributed by atoms with E-state index in [4.69, 9.17) is 15.0 Å². The Hall–Kier alpha value is -10.2. The highest BCUT2D eigenvalue weighted by Gasteiger charge is 2.31. The highest BCUT2D eigenvalue weighted by Crippen LogP contribution is 2.51. The summed E-state index contributed by atoms with van der Waals surface area (Å²) in [5, 5.41) is 11.3. The lowest BCUT2D eigenvalue weighted by molar-refractivity contribution is 0.857. The summed E-state index contributed by atoms with van der Waals surface area (Å²) in [6.45, 7) is 0. The van der Waals surface area contributed by atoms with Crippen LogP contribution in [0.3, 0.4) is 0 Å². The van der Waals surface area contributed by atoms with Gasteiger partial charge in [-0.15, -0.1) is 0 Å². The number of rotatable bonds is 6. The smallest absolute Gasteiger partial charge is 0.238 e. The number of anilines is 2. The van der Waals surface area contributed by atoms with Gasteiger partial charge in [0, 0.05) is 75.4 Å². The second kappa shape index (κ2) is 16.6. The maximum absolute atomic E-state index is 5.78. The van der Waals surface area contributed by atoms with Gasteiger partial charge < -0.3 is 9.13 Å². The van der Waals surface area contributed by atoms with Gasteiger partial charge in [0.25, 0.3) is 0 Å². The Morgan fingerprint density at radius 2 is 0.692 bits per heavy atom. The molecule has 16 aromatic rings. The monoisotopic (exact) mass is 1010 g/mol. The Morgan fingerprint density at radius 3 is 1.23 bits per heavy atom. The first-order valence-electron chi connectivity index (χ1n) is 26.3. The van der Waals surface area contributed by atoms with Crippen LogP contribution in [0.2, 0.25) is 0 Å². The second-order valence-electron chi connectivity index (χ2n) is 19.9. The van der Waals surface area contributed by atoms with Crippen LogP contribution in [0.5, 0.6) is 0 Å². The van der Waals surface area contributed by atoms with Gasteiger partial charge in [-0.1, -0.05) is 182 Å². The van der Waals surface area contributed by atoms with Crippen LogP contribution in [0.25, 0.3) is 127 Å². The largest absolute Gasteiger partial charge is 0.309 e. The van der Waals surface area contributed by atoms with Crippen molar-refractivity contribution in [2.24, 2.45) is 0 Å². The number of para-hydroxylation sites is 8. The standard InChI is InChI=1S/C69H42N8S/c1-3-21-43(22-4-1)73-54-32-12-9-27-49(54)63-51(29-19-37-59(63)73)67-70-68(52-30-20-38-60-64(52)50-28-10-13-33-55(50)74(60)44-23-5-2-6-24-44)72-69(71-67)75-53-31-11-7-25-45(53)47-41-42-48-46-26-8-14-34-56(46)77(66(48)65(47)75)76-57-35-15-17-39-61(57)78-62-40-18-16-36-58(62)76/h1-42H. The van der Waals surface area contributed by atoms with E-state index >= 15 is 0 Å². The summed E-state index contributed by atoms with van der Waals surface area (Å²) >= 11 is 1.81. The maximum Gasteiger partial charge on any atom is 0.238 e. The summed E-state index contributed by atoms with van der Waals surface area (Å²) in [5.74, 6) is 1.68. The number of nitrogens with zero attached hydrogens (tertiary/aromatic N) is 8. The lowest BCUT2D eigenvalue weighted by Crippen LogP contribution is -2.27. The normalized spacial score (nSPS) is 12.5. The van der Waals surface area contributed by atoms with Crippen molar-refractivity contribution < 1.29 is 0 Å². The van der Waals surface area contributed by atoms with Crippen molar-refractivity contribution in [3.05, 3.63) is 255 Å². The Labute approximate surface area is 450 Å². The van der Waals surface area contributed by atoms with Crippen LogP contribution in [-0.2, 0) is 0 Å². The van der Waals surface area contributed by atoms with Crippen molar-refractivity contribution in [1.29, 1.82) is 0 Å². The van der Waals surface area contributed by atoms with E-state index in [-0.39, 0.29) is 0 Å². The summed E-state index contributed by atoms with van der Waals surface area (Å²) in [7, 11) is 0. The molecule has 78 heavy (non-hydrogen) atoms. The van der Waals surface area contributed by atoms with Crippen LogP contribution in [0.4, 0.5) is 11.4 Å². The molecular formula is C69H42N8S. The third-order valence-electron chi connectivity index (χ3n) is 15.8. The van der Waals surface area contributed by atoms with E-state index in [0.29, 0.717) is 17.6 Å². The van der Waals surface area contributed by atoms with Crippen LogP contribution in [0, 0.1) is 0 Å². The predicted octanol–water partition coefficient (Wildman–Crippen LogP) is 17.7.